The zero-order chi connectivity index (χ0) is 12.4. The first-order valence-corrected chi connectivity index (χ1v) is 6.23. The monoisotopic (exact) mass is 274 g/mol. The number of rotatable bonds is 2. The van der Waals surface area contributed by atoms with Crippen molar-refractivity contribution in [3.63, 3.8) is 0 Å². The lowest BCUT2D eigenvalue weighted by molar-refractivity contribution is 0.0600. The molecule has 0 aromatic heterocycles. The molecule has 1 aromatic rings. The number of hydrogen-bond acceptors (Lipinski definition) is 5. The number of hydrogen-bond donors (Lipinski definition) is 1. The number of methoxy groups -OCH3 is 1. The molecule has 0 spiro atoms. The van der Waals surface area contributed by atoms with Gasteiger partial charge in [0.2, 0.25) is 0 Å². The van der Waals surface area contributed by atoms with Crippen molar-refractivity contribution in [2.45, 2.75) is 11.7 Å². The van der Waals surface area contributed by atoms with Crippen molar-refractivity contribution in [3.8, 4) is 5.75 Å². The number of carbonyl (C=O) groups is 1. The van der Waals surface area contributed by atoms with E-state index in [9.17, 15) is 9.35 Å². The summed E-state index contributed by atoms with van der Waals surface area (Å²) >= 11 is 6.77. The second kappa shape index (κ2) is 5.16. The van der Waals surface area contributed by atoms with Gasteiger partial charge in [0, 0.05) is 5.56 Å². The van der Waals surface area contributed by atoms with Gasteiger partial charge in [-0.05, 0) is 30.6 Å². The van der Waals surface area contributed by atoms with Crippen molar-refractivity contribution in [3.05, 3.63) is 28.3 Å². The Labute approximate surface area is 108 Å². The van der Waals surface area contributed by atoms with Crippen LogP contribution in [0.3, 0.4) is 0 Å². The Morgan fingerprint density at radius 2 is 2.41 bits per heavy atom. The van der Waals surface area contributed by atoms with Crippen molar-refractivity contribution in [1.82, 2.24) is 0 Å². The van der Waals surface area contributed by atoms with E-state index in [0.29, 0.717) is 23.8 Å². The van der Waals surface area contributed by atoms with Gasteiger partial charge < -0.3 is 14.0 Å². The maximum atomic E-state index is 11.5. The van der Waals surface area contributed by atoms with E-state index >= 15 is 0 Å². The molecular formula is C11H11ClO4S. The predicted molar refractivity (Wildman–Crippen MR) is 65.9 cm³/mol. The summed E-state index contributed by atoms with van der Waals surface area (Å²) in [5.74, 6) is 0.0766. The fraction of sp³-hybridized carbons (Fsp3) is 0.364. The second-order valence-electron chi connectivity index (χ2n) is 3.59. The van der Waals surface area contributed by atoms with Crippen molar-refractivity contribution < 1.29 is 18.8 Å². The van der Waals surface area contributed by atoms with Crippen molar-refractivity contribution >= 4 is 29.6 Å². The summed E-state index contributed by atoms with van der Waals surface area (Å²) in [6, 6.07) is 3.21. The Morgan fingerprint density at radius 3 is 3.06 bits per heavy atom. The Kier molecular flexibility index (Phi) is 3.81. The third-order valence-corrected chi connectivity index (χ3v) is 3.67. The predicted octanol–water partition coefficient (Wildman–Crippen LogP) is 3.16. The Balaban J connectivity index is 2.46. The molecule has 92 valence electrons. The Hall–Kier alpha value is -0.910. The van der Waals surface area contributed by atoms with Crippen LogP contribution in [0.4, 0.5) is 0 Å². The molecule has 0 amide bonds. The molecule has 6 heteroatoms. The van der Waals surface area contributed by atoms with E-state index in [0.717, 1.165) is 17.6 Å². The molecule has 0 unspecified atom stereocenters. The third-order valence-electron chi connectivity index (χ3n) is 2.62. The van der Waals surface area contributed by atoms with E-state index in [2.05, 4.69) is 4.74 Å². The molecule has 1 heterocycles. The summed E-state index contributed by atoms with van der Waals surface area (Å²) in [4.78, 5) is 11.5. The molecule has 0 fully saturated rings. The molecule has 0 aliphatic carbocycles. The highest BCUT2D eigenvalue weighted by Gasteiger charge is 2.25. The van der Waals surface area contributed by atoms with Gasteiger partial charge in [-0.3, -0.25) is 0 Å². The van der Waals surface area contributed by atoms with Crippen LogP contribution in [0.2, 0.25) is 5.02 Å². The lowest BCUT2D eigenvalue weighted by atomic mass is 10.0. The van der Waals surface area contributed by atoms with Crippen LogP contribution in [0.5, 0.6) is 5.75 Å². The minimum atomic E-state index is -0.500. The van der Waals surface area contributed by atoms with Gasteiger partial charge in [-0.25, -0.2) is 4.79 Å². The fourth-order valence-corrected chi connectivity index (χ4v) is 2.50. The molecule has 0 bridgehead atoms. The largest absolute Gasteiger partial charge is 0.493 e. The highest BCUT2D eigenvalue weighted by Crippen LogP contribution is 2.42. The molecule has 4 nitrogen and oxygen atoms in total. The van der Waals surface area contributed by atoms with Gasteiger partial charge in [-0.2, -0.15) is 0 Å². The van der Waals surface area contributed by atoms with Crippen LogP contribution in [0.1, 0.15) is 27.6 Å². The average molecular weight is 275 g/mol. The van der Waals surface area contributed by atoms with Crippen LogP contribution >= 0.6 is 23.6 Å². The zero-order valence-electron chi connectivity index (χ0n) is 9.10. The quantitative estimate of drug-likeness (QED) is 0.663. The van der Waals surface area contributed by atoms with Crippen LogP contribution in [-0.4, -0.2) is 24.2 Å². The van der Waals surface area contributed by atoms with Gasteiger partial charge in [-0.1, -0.05) is 11.6 Å². The van der Waals surface area contributed by atoms with Crippen LogP contribution < -0.4 is 4.74 Å². The topological polar surface area (TPSA) is 55.8 Å². The van der Waals surface area contributed by atoms with E-state index in [1.54, 1.807) is 12.1 Å². The SMILES string of the molecule is COC(=O)c1cc2c(cc1Cl)[C@H](SO)CCO2. The number of halogens is 1. The van der Waals surface area contributed by atoms with Gasteiger partial charge in [0.25, 0.3) is 0 Å². The van der Waals surface area contributed by atoms with Crippen molar-refractivity contribution in [2.75, 3.05) is 13.7 Å². The summed E-state index contributed by atoms with van der Waals surface area (Å²) in [5, 5.41) is 0.239. The van der Waals surface area contributed by atoms with Crippen LogP contribution in [0.25, 0.3) is 0 Å². The molecule has 1 N–H and O–H groups in total. The zero-order valence-corrected chi connectivity index (χ0v) is 10.7. The van der Waals surface area contributed by atoms with Gasteiger partial charge >= 0.3 is 5.97 Å². The van der Waals surface area contributed by atoms with E-state index in [1.807, 2.05) is 0 Å². The summed E-state index contributed by atoms with van der Waals surface area (Å²) in [6.45, 7) is 0.507. The number of carbonyl (C=O) groups excluding carboxylic acids is 1. The first-order valence-electron chi connectivity index (χ1n) is 5.02. The lowest BCUT2D eigenvalue weighted by Crippen LogP contribution is -2.13. The van der Waals surface area contributed by atoms with Gasteiger partial charge in [-0.15, -0.1) is 0 Å². The molecule has 1 aromatic carbocycles. The maximum absolute atomic E-state index is 11.5. The molecule has 1 atom stereocenters. The van der Waals surface area contributed by atoms with Crippen LogP contribution in [-0.2, 0) is 4.74 Å². The minimum absolute atomic E-state index is 0.0667. The molecule has 0 saturated heterocycles. The molecule has 0 saturated carbocycles. The first kappa shape index (κ1) is 12.5. The summed E-state index contributed by atoms with van der Waals surface area (Å²) in [7, 11) is 1.30. The highest BCUT2D eigenvalue weighted by molar-refractivity contribution is 7.94. The number of ether oxygens (including phenoxy) is 2. The molecule has 17 heavy (non-hydrogen) atoms. The summed E-state index contributed by atoms with van der Waals surface area (Å²) in [5.41, 5.74) is 1.08. The Bertz CT molecular complexity index is 449. The first-order chi connectivity index (χ1) is 8.17. The Morgan fingerprint density at radius 1 is 1.65 bits per heavy atom. The standard InChI is InChI=1S/C11H11ClO4S/c1-15-11(13)6-5-9-7(4-8(6)12)10(17-14)2-3-16-9/h4-5,10,14H,2-3H2,1H3/t10-/m1/s1. The summed E-state index contributed by atoms with van der Waals surface area (Å²) < 4.78 is 19.3. The lowest BCUT2D eigenvalue weighted by Gasteiger charge is -2.24. The van der Waals surface area contributed by atoms with Crippen LogP contribution in [0.15, 0.2) is 12.1 Å². The number of esters is 1. The molecule has 0 radical (unpaired) electrons. The third kappa shape index (κ3) is 2.36. The van der Waals surface area contributed by atoms with E-state index in [1.165, 1.54) is 7.11 Å². The van der Waals surface area contributed by atoms with E-state index < -0.39 is 5.97 Å². The van der Waals surface area contributed by atoms with E-state index in [4.69, 9.17) is 16.3 Å². The van der Waals surface area contributed by atoms with Crippen molar-refractivity contribution in [2.24, 2.45) is 0 Å². The van der Waals surface area contributed by atoms with Gasteiger partial charge in [0.15, 0.2) is 0 Å². The molecule has 1 aliphatic heterocycles. The van der Waals surface area contributed by atoms with Gasteiger partial charge in [0.1, 0.15) is 5.75 Å². The smallest absolute Gasteiger partial charge is 0.339 e. The fourth-order valence-electron chi connectivity index (χ4n) is 1.75. The molecular weight excluding hydrogens is 264 g/mol. The average Bonchev–Trinajstić information content (AvgIpc) is 2.36. The van der Waals surface area contributed by atoms with Crippen molar-refractivity contribution in [1.29, 1.82) is 0 Å². The summed E-state index contributed by atoms with van der Waals surface area (Å²) in [6.07, 6.45) is 0.710. The normalized spacial score (nSPS) is 18.2. The van der Waals surface area contributed by atoms with E-state index in [-0.39, 0.29) is 10.8 Å². The second-order valence-corrected chi connectivity index (χ2v) is 4.78. The van der Waals surface area contributed by atoms with Crippen LogP contribution in [0, 0.1) is 0 Å². The highest BCUT2D eigenvalue weighted by atomic mass is 35.5. The molecule has 1 aliphatic rings. The minimum Gasteiger partial charge on any atom is -0.493 e. The number of fused-ring (bicyclic) bond motifs is 1. The molecule has 2 rings (SSSR count). The maximum Gasteiger partial charge on any atom is 0.339 e. The number of benzene rings is 1. The van der Waals surface area contributed by atoms with Gasteiger partial charge in [0.05, 0.1) is 29.6 Å².